The summed E-state index contributed by atoms with van der Waals surface area (Å²) in [6.45, 7) is 1.74. The molecule has 0 saturated heterocycles. The van der Waals surface area contributed by atoms with Gasteiger partial charge in [0.1, 0.15) is 5.82 Å². The van der Waals surface area contributed by atoms with E-state index in [-0.39, 0.29) is 23.7 Å². The quantitative estimate of drug-likeness (QED) is 0.422. The van der Waals surface area contributed by atoms with Crippen LogP contribution in [-0.2, 0) is 11.2 Å². The van der Waals surface area contributed by atoms with E-state index in [1.54, 1.807) is 44.3 Å². The molecule has 2 heterocycles. The van der Waals surface area contributed by atoms with E-state index in [1.165, 1.54) is 29.4 Å². The third kappa shape index (κ3) is 4.92. The van der Waals surface area contributed by atoms with Gasteiger partial charge in [-0.3, -0.25) is 14.6 Å². The molecule has 2 aromatic heterocycles. The normalized spacial score (nSPS) is 10.7. The number of aryl methyl sites for hydroxylation is 1. The van der Waals surface area contributed by atoms with Crippen molar-refractivity contribution >= 4 is 17.4 Å². The molecular weight excluding hydrogens is 388 g/mol. The second kappa shape index (κ2) is 9.35. The molecule has 0 N–H and O–H groups in total. The van der Waals surface area contributed by atoms with E-state index in [0.717, 1.165) is 5.56 Å². The highest BCUT2D eigenvalue weighted by Crippen LogP contribution is 2.26. The Bertz CT molecular complexity index is 1050. The first kappa shape index (κ1) is 21.2. The lowest BCUT2D eigenvalue weighted by atomic mass is 10.0. The van der Waals surface area contributed by atoms with Crippen LogP contribution in [0.5, 0.6) is 0 Å². The Morgan fingerprint density at radius 2 is 1.80 bits per heavy atom. The molecule has 0 aliphatic rings. The molecule has 0 bridgehead atoms. The molecule has 5 nitrogen and oxygen atoms in total. The Balaban J connectivity index is 1.69. The summed E-state index contributed by atoms with van der Waals surface area (Å²) in [4.78, 5) is 33.3. The molecule has 1 aromatic carbocycles. The summed E-state index contributed by atoms with van der Waals surface area (Å²) >= 11 is 0. The van der Waals surface area contributed by atoms with Crippen LogP contribution in [0.15, 0.2) is 54.9 Å². The molecule has 3 aromatic rings. The van der Waals surface area contributed by atoms with Crippen molar-refractivity contribution in [2.45, 2.75) is 26.2 Å². The van der Waals surface area contributed by atoms with Crippen LogP contribution in [-0.4, -0.2) is 28.7 Å². The molecule has 0 aliphatic heterocycles. The Morgan fingerprint density at radius 1 is 1.00 bits per heavy atom. The number of halogens is 2. The van der Waals surface area contributed by atoms with Crippen molar-refractivity contribution in [2.24, 2.45) is 0 Å². The maximum atomic E-state index is 14.6. The molecule has 0 spiro atoms. The van der Waals surface area contributed by atoms with E-state index in [4.69, 9.17) is 0 Å². The zero-order chi connectivity index (χ0) is 21.7. The maximum absolute atomic E-state index is 14.6. The molecule has 0 aliphatic carbocycles. The first-order valence-corrected chi connectivity index (χ1v) is 9.55. The van der Waals surface area contributed by atoms with E-state index < -0.39 is 11.8 Å². The van der Waals surface area contributed by atoms with Gasteiger partial charge in [0.15, 0.2) is 5.78 Å². The summed E-state index contributed by atoms with van der Waals surface area (Å²) in [6.07, 6.45) is 3.82. The molecule has 0 radical (unpaired) electrons. The van der Waals surface area contributed by atoms with Gasteiger partial charge in [0, 0.05) is 49.1 Å². The fraction of sp³-hybridized carbons (Fsp3) is 0.217. The van der Waals surface area contributed by atoms with E-state index in [1.807, 2.05) is 0 Å². The van der Waals surface area contributed by atoms with Crippen molar-refractivity contribution in [3.05, 3.63) is 77.8 Å². The third-order valence-electron chi connectivity index (χ3n) is 4.81. The Kier molecular flexibility index (Phi) is 6.61. The second-order valence-electron chi connectivity index (χ2n) is 6.81. The van der Waals surface area contributed by atoms with Crippen LogP contribution in [0.3, 0.4) is 0 Å². The molecule has 154 valence electrons. The van der Waals surface area contributed by atoms with Crippen LogP contribution in [0.4, 0.5) is 14.5 Å². The standard InChI is InChI=1S/C23H21F2N3O2/c1-3-23(30)28(2)17-7-8-18(19(24)12-17)20-9-6-16(14-26-20)21(29)10-4-15-5-11-22(25)27-13-15/h5-9,11-14H,3-4,10H2,1-2H3. The predicted octanol–water partition coefficient (Wildman–Crippen LogP) is 4.61. The van der Waals surface area contributed by atoms with Crippen LogP contribution < -0.4 is 4.90 Å². The number of pyridine rings is 2. The van der Waals surface area contributed by atoms with Crippen molar-refractivity contribution in [3.8, 4) is 11.3 Å². The van der Waals surface area contributed by atoms with Gasteiger partial charge in [-0.05, 0) is 48.4 Å². The van der Waals surface area contributed by atoms with Crippen molar-refractivity contribution in [3.63, 3.8) is 0 Å². The number of rotatable bonds is 7. The third-order valence-corrected chi connectivity index (χ3v) is 4.81. The maximum Gasteiger partial charge on any atom is 0.226 e. The predicted molar refractivity (Wildman–Crippen MR) is 110 cm³/mol. The second-order valence-corrected chi connectivity index (χ2v) is 6.81. The highest BCUT2D eigenvalue weighted by Gasteiger charge is 2.14. The molecule has 0 unspecified atom stereocenters. The molecule has 1 amide bonds. The SMILES string of the molecule is CCC(=O)N(C)c1ccc(-c2ccc(C(=O)CCc3ccc(F)nc3)cn2)c(F)c1. The molecule has 0 fully saturated rings. The Labute approximate surface area is 173 Å². The monoisotopic (exact) mass is 409 g/mol. The highest BCUT2D eigenvalue weighted by atomic mass is 19.1. The molecular formula is C23H21F2N3O2. The molecule has 0 atom stereocenters. The lowest BCUT2D eigenvalue weighted by Gasteiger charge is -2.17. The summed E-state index contributed by atoms with van der Waals surface area (Å²) in [5.74, 6) is -1.29. The number of Topliss-reactive ketones (excluding diaryl/α,β-unsaturated/α-hetero) is 1. The van der Waals surface area contributed by atoms with Crippen LogP contribution >= 0.6 is 0 Å². The van der Waals surface area contributed by atoms with Gasteiger partial charge >= 0.3 is 0 Å². The number of anilines is 1. The Hall–Kier alpha value is -3.48. The highest BCUT2D eigenvalue weighted by molar-refractivity contribution is 5.96. The lowest BCUT2D eigenvalue weighted by molar-refractivity contribution is -0.118. The fourth-order valence-corrected chi connectivity index (χ4v) is 2.98. The van der Waals surface area contributed by atoms with Gasteiger partial charge in [0.25, 0.3) is 0 Å². The number of hydrogen-bond acceptors (Lipinski definition) is 4. The summed E-state index contributed by atoms with van der Waals surface area (Å²) in [6, 6.07) is 10.6. The van der Waals surface area contributed by atoms with Gasteiger partial charge < -0.3 is 4.90 Å². The van der Waals surface area contributed by atoms with Crippen LogP contribution in [0.1, 0.15) is 35.7 Å². The van der Waals surface area contributed by atoms with Crippen molar-refractivity contribution < 1.29 is 18.4 Å². The number of benzene rings is 1. The van der Waals surface area contributed by atoms with Crippen molar-refractivity contribution in [1.29, 1.82) is 0 Å². The zero-order valence-electron chi connectivity index (χ0n) is 16.7. The fourth-order valence-electron chi connectivity index (χ4n) is 2.98. The molecule has 30 heavy (non-hydrogen) atoms. The van der Waals surface area contributed by atoms with Crippen molar-refractivity contribution in [2.75, 3.05) is 11.9 Å². The van der Waals surface area contributed by atoms with Crippen LogP contribution in [0.25, 0.3) is 11.3 Å². The van der Waals surface area contributed by atoms with E-state index in [2.05, 4.69) is 9.97 Å². The van der Waals surface area contributed by atoms with E-state index in [9.17, 15) is 18.4 Å². The van der Waals surface area contributed by atoms with Crippen LogP contribution in [0, 0.1) is 11.8 Å². The minimum atomic E-state index is -0.561. The molecule has 3 rings (SSSR count). The minimum Gasteiger partial charge on any atom is -0.315 e. The number of ketones is 1. The number of aromatic nitrogens is 2. The molecule has 0 saturated carbocycles. The van der Waals surface area contributed by atoms with E-state index >= 15 is 0 Å². The minimum absolute atomic E-state index is 0.112. The number of amides is 1. The lowest BCUT2D eigenvalue weighted by Crippen LogP contribution is -2.25. The van der Waals surface area contributed by atoms with Crippen molar-refractivity contribution in [1.82, 2.24) is 9.97 Å². The van der Waals surface area contributed by atoms with E-state index in [0.29, 0.717) is 29.8 Å². The number of carbonyl (C=O) groups excluding carboxylic acids is 2. The number of hydrogen-bond donors (Lipinski definition) is 0. The summed E-state index contributed by atoms with van der Waals surface area (Å²) in [5.41, 5.74) is 2.32. The molecule has 7 heteroatoms. The zero-order valence-corrected chi connectivity index (χ0v) is 16.7. The largest absolute Gasteiger partial charge is 0.315 e. The first-order valence-electron chi connectivity index (χ1n) is 9.55. The smallest absolute Gasteiger partial charge is 0.226 e. The van der Waals surface area contributed by atoms with Gasteiger partial charge in [0.2, 0.25) is 11.9 Å². The summed E-state index contributed by atoms with van der Waals surface area (Å²) in [5, 5.41) is 0. The van der Waals surface area contributed by atoms with Gasteiger partial charge in [0.05, 0.1) is 5.69 Å². The average molecular weight is 409 g/mol. The topological polar surface area (TPSA) is 63.2 Å². The van der Waals surface area contributed by atoms with Crippen LogP contribution in [0.2, 0.25) is 0 Å². The Morgan fingerprint density at radius 3 is 2.40 bits per heavy atom. The van der Waals surface area contributed by atoms with Gasteiger partial charge in [-0.1, -0.05) is 13.0 Å². The first-order chi connectivity index (χ1) is 14.4. The average Bonchev–Trinajstić information content (AvgIpc) is 2.77. The number of nitrogens with zero attached hydrogens (tertiary/aromatic N) is 3. The van der Waals surface area contributed by atoms with Gasteiger partial charge in [-0.25, -0.2) is 9.37 Å². The van der Waals surface area contributed by atoms with Gasteiger partial charge in [-0.15, -0.1) is 0 Å². The number of carbonyl (C=O) groups is 2. The summed E-state index contributed by atoms with van der Waals surface area (Å²) < 4.78 is 27.4. The summed E-state index contributed by atoms with van der Waals surface area (Å²) in [7, 11) is 1.60. The van der Waals surface area contributed by atoms with Gasteiger partial charge in [-0.2, -0.15) is 4.39 Å².